The predicted octanol–water partition coefficient (Wildman–Crippen LogP) is 4.41. The highest BCUT2D eigenvalue weighted by atomic mass is 19.1. The van der Waals surface area contributed by atoms with Gasteiger partial charge in [-0.05, 0) is 63.3 Å². The van der Waals surface area contributed by atoms with Gasteiger partial charge in [-0.15, -0.1) is 0 Å². The fourth-order valence-electron chi connectivity index (χ4n) is 6.13. The van der Waals surface area contributed by atoms with Crippen LogP contribution in [0.1, 0.15) is 74.5 Å². The highest BCUT2D eigenvalue weighted by Gasteiger charge is 2.37. The summed E-state index contributed by atoms with van der Waals surface area (Å²) in [6.45, 7) is 6.37. The van der Waals surface area contributed by atoms with E-state index in [1.54, 1.807) is 48.8 Å². The van der Waals surface area contributed by atoms with Crippen LogP contribution in [0, 0.1) is 11.7 Å². The third kappa shape index (κ3) is 7.26. The second kappa shape index (κ2) is 13.2. The number of hydrogen-bond acceptors (Lipinski definition) is 6. The van der Waals surface area contributed by atoms with E-state index in [0.717, 1.165) is 32.1 Å². The highest BCUT2D eigenvalue weighted by molar-refractivity contribution is 5.95. The Kier molecular flexibility index (Phi) is 9.31. The molecular formula is C33H40FN5O5. The van der Waals surface area contributed by atoms with Gasteiger partial charge in [0.1, 0.15) is 17.5 Å². The fourth-order valence-corrected chi connectivity index (χ4v) is 6.13. The van der Waals surface area contributed by atoms with Gasteiger partial charge >= 0.3 is 6.09 Å². The Morgan fingerprint density at radius 2 is 1.66 bits per heavy atom. The Morgan fingerprint density at radius 3 is 2.34 bits per heavy atom. The van der Waals surface area contributed by atoms with E-state index < -0.39 is 29.5 Å². The molecule has 10 nitrogen and oxygen atoms in total. The number of halogens is 1. The Labute approximate surface area is 255 Å². The SMILES string of the molecule is CC(C)(C)OC(=O)N[C@@H](C(=O)N1CCN(C(=O)c2cc(Cc3n[nH]c(=O)c4ccccc34)ccc2F)CC1)C1CCCCC1. The van der Waals surface area contributed by atoms with Gasteiger partial charge in [0.2, 0.25) is 5.91 Å². The first-order valence-corrected chi connectivity index (χ1v) is 15.3. The number of hydrogen-bond donors (Lipinski definition) is 2. The number of nitrogens with one attached hydrogen (secondary N) is 2. The molecule has 3 aromatic rings. The molecule has 0 unspecified atom stereocenters. The number of aromatic amines is 1. The molecule has 1 saturated carbocycles. The Bertz CT molecular complexity index is 1590. The van der Waals surface area contributed by atoms with Crippen molar-refractivity contribution < 1.29 is 23.5 Å². The summed E-state index contributed by atoms with van der Waals surface area (Å²) in [5.41, 5.74) is 0.263. The third-order valence-electron chi connectivity index (χ3n) is 8.35. The Morgan fingerprint density at radius 1 is 1.00 bits per heavy atom. The standard InChI is InChI=1S/C33H40FN5O5/c1-33(2,3)44-32(43)35-28(22-9-5-4-6-10-22)31(42)39-17-15-38(16-18-39)30(41)25-19-21(13-14-26(25)34)20-27-23-11-7-8-12-24(23)29(40)37-36-27/h7-8,11-14,19,22,28H,4-6,9-10,15-18,20H2,1-3H3,(H,35,43)(H,37,40)/t28-/m1/s1. The normalized spacial score (nSPS) is 16.9. The van der Waals surface area contributed by atoms with Crippen LogP contribution in [0.4, 0.5) is 9.18 Å². The first kappa shape index (κ1) is 31.2. The number of piperazine rings is 1. The third-order valence-corrected chi connectivity index (χ3v) is 8.35. The van der Waals surface area contributed by atoms with Crippen molar-refractivity contribution >= 4 is 28.7 Å². The first-order chi connectivity index (χ1) is 21.0. The van der Waals surface area contributed by atoms with Crippen LogP contribution in [0.15, 0.2) is 47.3 Å². The maximum Gasteiger partial charge on any atom is 0.408 e. The Hall–Kier alpha value is -4.28. The average molecular weight is 606 g/mol. The molecule has 2 N–H and O–H groups in total. The number of fused-ring (bicyclic) bond motifs is 1. The van der Waals surface area contributed by atoms with E-state index in [9.17, 15) is 23.6 Å². The van der Waals surface area contributed by atoms with E-state index in [1.165, 1.54) is 12.1 Å². The maximum absolute atomic E-state index is 14.9. The monoisotopic (exact) mass is 605 g/mol. The summed E-state index contributed by atoms with van der Waals surface area (Å²) in [5, 5.41) is 10.8. The van der Waals surface area contributed by atoms with Crippen LogP contribution < -0.4 is 10.9 Å². The number of H-pyrrole nitrogens is 1. The van der Waals surface area contributed by atoms with Gasteiger partial charge in [-0.25, -0.2) is 14.3 Å². The average Bonchev–Trinajstić information content (AvgIpc) is 3.01. The second-order valence-corrected chi connectivity index (χ2v) is 12.7. The minimum Gasteiger partial charge on any atom is -0.444 e. The summed E-state index contributed by atoms with van der Waals surface area (Å²) < 4.78 is 20.4. The number of benzene rings is 2. The van der Waals surface area contributed by atoms with E-state index in [2.05, 4.69) is 15.5 Å². The summed E-state index contributed by atoms with van der Waals surface area (Å²) in [6.07, 6.45) is 4.51. The molecule has 234 valence electrons. The summed E-state index contributed by atoms with van der Waals surface area (Å²) in [4.78, 5) is 55.2. The first-order valence-electron chi connectivity index (χ1n) is 15.3. The highest BCUT2D eigenvalue weighted by Crippen LogP contribution is 2.28. The van der Waals surface area contributed by atoms with Gasteiger partial charge in [0.15, 0.2) is 0 Å². The summed E-state index contributed by atoms with van der Waals surface area (Å²) in [6, 6.07) is 10.8. The quantitative estimate of drug-likeness (QED) is 0.429. The van der Waals surface area contributed by atoms with Gasteiger partial charge < -0.3 is 19.9 Å². The minimum absolute atomic E-state index is 0.0225. The number of amides is 3. The molecule has 0 spiro atoms. The lowest BCUT2D eigenvalue weighted by Crippen LogP contribution is -2.58. The van der Waals surface area contributed by atoms with Crippen LogP contribution in [0.3, 0.4) is 0 Å². The zero-order valence-electron chi connectivity index (χ0n) is 25.5. The molecular weight excluding hydrogens is 565 g/mol. The lowest BCUT2D eigenvalue weighted by atomic mass is 9.83. The van der Waals surface area contributed by atoms with Crippen LogP contribution in [-0.2, 0) is 16.0 Å². The van der Waals surface area contributed by atoms with Crippen molar-refractivity contribution in [2.24, 2.45) is 5.92 Å². The van der Waals surface area contributed by atoms with Crippen molar-refractivity contribution in [2.45, 2.75) is 70.9 Å². The van der Waals surface area contributed by atoms with E-state index in [1.807, 2.05) is 12.1 Å². The molecule has 2 aliphatic rings. The van der Waals surface area contributed by atoms with Crippen molar-refractivity contribution in [2.75, 3.05) is 26.2 Å². The Balaban J connectivity index is 1.26. The van der Waals surface area contributed by atoms with Gasteiger partial charge in [0.05, 0.1) is 16.6 Å². The number of carbonyl (C=O) groups is 3. The molecule has 0 radical (unpaired) electrons. The number of carbonyl (C=O) groups excluding carboxylic acids is 3. The van der Waals surface area contributed by atoms with E-state index >= 15 is 0 Å². The zero-order valence-corrected chi connectivity index (χ0v) is 25.5. The summed E-state index contributed by atoms with van der Waals surface area (Å²) in [7, 11) is 0. The molecule has 2 heterocycles. The topological polar surface area (TPSA) is 125 Å². The van der Waals surface area contributed by atoms with Crippen LogP contribution in [0.5, 0.6) is 0 Å². The van der Waals surface area contributed by atoms with Crippen molar-refractivity contribution in [3.63, 3.8) is 0 Å². The van der Waals surface area contributed by atoms with Crippen molar-refractivity contribution in [3.8, 4) is 0 Å². The fraction of sp³-hybridized carbons (Fsp3) is 0.485. The second-order valence-electron chi connectivity index (χ2n) is 12.7. The van der Waals surface area contributed by atoms with Gasteiger partial charge in [0, 0.05) is 38.0 Å². The molecule has 2 fully saturated rings. The van der Waals surface area contributed by atoms with Gasteiger partial charge in [-0.2, -0.15) is 5.10 Å². The number of aromatic nitrogens is 2. The van der Waals surface area contributed by atoms with Crippen LogP contribution in [0.2, 0.25) is 0 Å². The molecule has 2 aromatic carbocycles. The molecule has 1 aliphatic carbocycles. The lowest BCUT2D eigenvalue weighted by molar-refractivity contribution is -0.136. The number of rotatable bonds is 6. The zero-order chi connectivity index (χ0) is 31.4. The number of ether oxygens (including phenoxy) is 1. The van der Waals surface area contributed by atoms with E-state index in [0.29, 0.717) is 28.5 Å². The van der Waals surface area contributed by atoms with Crippen LogP contribution in [0.25, 0.3) is 10.8 Å². The smallest absolute Gasteiger partial charge is 0.408 e. The summed E-state index contributed by atoms with van der Waals surface area (Å²) in [5.74, 6) is -1.24. The van der Waals surface area contributed by atoms with Gasteiger partial charge in [-0.3, -0.25) is 14.4 Å². The predicted molar refractivity (Wildman–Crippen MR) is 164 cm³/mol. The number of alkyl carbamates (subject to hydrolysis) is 1. The largest absolute Gasteiger partial charge is 0.444 e. The van der Waals surface area contributed by atoms with Crippen LogP contribution in [-0.4, -0.2) is 75.7 Å². The lowest BCUT2D eigenvalue weighted by Gasteiger charge is -2.39. The molecule has 0 bridgehead atoms. The molecule has 1 aliphatic heterocycles. The minimum atomic E-state index is -0.695. The molecule has 1 aromatic heterocycles. The van der Waals surface area contributed by atoms with Crippen molar-refractivity contribution in [1.82, 2.24) is 25.3 Å². The molecule has 1 saturated heterocycles. The molecule has 1 atom stereocenters. The van der Waals surface area contributed by atoms with Crippen LogP contribution >= 0.6 is 0 Å². The molecule has 11 heteroatoms. The van der Waals surface area contributed by atoms with E-state index in [4.69, 9.17) is 4.74 Å². The van der Waals surface area contributed by atoms with Gasteiger partial charge in [-0.1, -0.05) is 43.5 Å². The molecule has 5 rings (SSSR count). The maximum atomic E-state index is 14.9. The van der Waals surface area contributed by atoms with Crippen molar-refractivity contribution in [3.05, 3.63) is 75.5 Å². The van der Waals surface area contributed by atoms with E-state index in [-0.39, 0.29) is 49.1 Å². The molecule has 3 amide bonds. The molecule has 44 heavy (non-hydrogen) atoms. The van der Waals surface area contributed by atoms with Crippen molar-refractivity contribution in [1.29, 1.82) is 0 Å². The van der Waals surface area contributed by atoms with Gasteiger partial charge in [0.25, 0.3) is 11.5 Å². The number of nitrogens with zero attached hydrogens (tertiary/aromatic N) is 3. The summed E-state index contributed by atoms with van der Waals surface area (Å²) >= 11 is 0.